The molecule has 6 heteroatoms. The van der Waals surface area contributed by atoms with Crippen molar-refractivity contribution in [3.8, 4) is 5.69 Å². The first kappa shape index (κ1) is 21.1. The Morgan fingerprint density at radius 1 is 0.871 bits per heavy atom. The number of hydrogen-bond acceptors (Lipinski definition) is 3. The SMILES string of the molecule is Cc1cc(C)cc(-n2c(NS(=O)(=O)c3ccccc3)nc3cc(C(C)(C)C)ccc32)c1. The van der Waals surface area contributed by atoms with E-state index in [1.165, 1.54) is 0 Å². The van der Waals surface area contributed by atoms with E-state index in [0.717, 1.165) is 33.4 Å². The van der Waals surface area contributed by atoms with Gasteiger partial charge in [0.05, 0.1) is 15.9 Å². The van der Waals surface area contributed by atoms with Crippen LogP contribution in [0.5, 0.6) is 0 Å². The maximum absolute atomic E-state index is 13.1. The third-order valence-electron chi connectivity index (χ3n) is 5.26. The molecule has 0 radical (unpaired) electrons. The number of aryl methyl sites for hydroxylation is 2. The van der Waals surface area contributed by atoms with Gasteiger partial charge in [0.1, 0.15) is 0 Å². The van der Waals surface area contributed by atoms with Crippen LogP contribution in [0.25, 0.3) is 16.7 Å². The van der Waals surface area contributed by atoms with E-state index in [2.05, 4.69) is 37.6 Å². The highest BCUT2D eigenvalue weighted by Gasteiger charge is 2.22. The van der Waals surface area contributed by atoms with Gasteiger partial charge in [-0.15, -0.1) is 0 Å². The van der Waals surface area contributed by atoms with Gasteiger partial charge in [0.2, 0.25) is 5.95 Å². The molecule has 0 bridgehead atoms. The average molecular weight is 434 g/mol. The molecule has 1 aromatic heterocycles. The molecule has 0 amide bonds. The minimum atomic E-state index is -3.78. The average Bonchev–Trinajstić information content (AvgIpc) is 3.03. The van der Waals surface area contributed by atoms with Gasteiger partial charge in [-0.3, -0.25) is 4.57 Å². The van der Waals surface area contributed by atoms with Crippen LogP contribution in [0.15, 0.2) is 71.6 Å². The third kappa shape index (κ3) is 4.21. The number of sulfonamides is 1. The van der Waals surface area contributed by atoms with E-state index < -0.39 is 10.0 Å². The first-order valence-corrected chi connectivity index (χ1v) is 11.7. The van der Waals surface area contributed by atoms with Crippen LogP contribution in [0.1, 0.15) is 37.5 Å². The molecule has 0 aliphatic carbocycles. The summed E-state index contributed by atoms with van der Waals surface area (Å²) in [6.07, 6.45) is 0. The van der Waals surface area contributed by atoms with Crippen molar-refractivity contribution in [2.45, 2.75) is 44.9 Å². The summed E-state index contributed by atoms with van der Waals surface area (Å²) in [4.78, 5) is 4.90. The van der Waals surface area contributed by atoms with E-state index in [0.29, 0.717) is 0 Å². The highest BCUT2D eigenvalue weighted by atomic mass is 32.2. The van der Waals surface area contributed by atoms with E-state index in [1.807, 2.05) is 42.7 Å². The molecule has 3 aromatic carbocycles. The van der Waals surface area contributed by atoms with Crippen LogP contribution < -0.4 is 4.72 Å². The van der Waals surface area contributed by atoms with Gasteiger partial charge in [0, 0.05) is 5.69 Å². The zero-order valence-electron chi connectivity index (χ0n) is 18.5. The minimum Gasteiger partial charge on any atom is -0.278 e. The van der Waals surface area contributed by atoms with E-state index in [9.17, 15) is 8.42 Å². The second-order valence-corrected chi connectivity index (χ2v) is 10.7. The van der Waals surface area contributed by atoms with Crippen LogP contribution in [0.4, 0.5) is 5.95 Å². The Labute approximate surface area is 183 Å². The van der Waals surface area contributed by atoms with Crippen LogP contribution in [0, 0.1) is 13.8 Å². The Bertz CT molecular complexity index is 1350. The van der Waals surface area contributed by atoms with Crippen molar-refractivity contribution in [1.29, 1.82) is 0 Å². The van der Waals surface area contributed by atoms with Crippen molar-refractivity contribution in [3.63, 3.8) is 0 Å². The monoisotopic (exact) mass is 433 g/mol. The molecular formula is C25H27N3O2S. The number of nitrogens with one attached hydrogen (secondary N) is 1. The molecule has 0 atom stereocenters. The van der Waals surface area contributed by atoms with E-state index in [-0.39, 0.29) is 16.3 Å². The van der Waals surface area contributed by atoms with Crippen LogP contribution in [0.3, 0.4) is 0 Å². The number of nitrogens with zero attached hydrogens (tertiary/aromatic N) is 2. The fourth-order valence-corrected chi connectivity index (χ4v) is 4.75. The van der Waals surface area contributed by atoms with Gasteiger partial charge in [0.25, 0.3) is 10.0 Å². The van der Waals surface area contributed by atoms with Crippen molar-refractivity contribution < 1.29 is 8.42 Å². The predicted molar refractivity (Wildman–Crippen MR) is 126 cm³/mol. The molecule has 0 aliphatic rings. The molecule has 4 rings (SSSR count). The van der Waals surface area contributed by atoms with Crippen LogP contribution >= 0.6 is 0 Å². The highest BCUT2D eigenvalue weighted by Crippen LogP contribution is 2.31. The quantitative estimate of drug-likeness (QED) is 0.446. The smallest absolute Gasteiger partial charge is 0.264 e. The molecule has 160 valence electrons. The number of fused-ring (bicyclic) bond motifs is 1. The predicted octanol–water partition coefficient (Wildman–Crippen LogP) is 5.74. The molecule has 0 unspecified atom stereocenters. The Morgan fingerprint density at radius 3 is 2.13 bits per heavy atom. The Balaban J connectivity index is 1.94. The standard InChI is InChI=1S/C25H27N3O2S/c1-17-13-18(2)15-20(14-17)28-23-12-11-19(25(3,4)5)16-22(23)26-24(28)27-31(29,30)21-9-7-6-8-10-21/h6-16H,1-5H3,(H,26,27). The first-order chi connectivity index (χ1) is 14.5. The zero-order valence-corrected chi connectivity index (χ0v) is 19.3. The summed E-state index contributed by atoms with van der Waals surface area (Å²) in [6.45, 7) is 10.5. The molecule has 31 heavy (non-hydrogen) atoms. The van der Waals surface area contributed by atoms with Crippen molar-refractivity contribution in [3.05, 3.63) is 83.4 Å². The Hall–Kier alpha value is -3.12. The third-order valence-corrected chi connectivity index (χ3v) is 6.61. The normalized spacial score (nSPS) is 12.3. The molecule has 5 nitrogen and oxygen atoms in total. The molecule has 0 spiro atoms. The maximum atomic E-state index is 13.1. The Kier molecular flexibility index (Phi) is 5.13. The van der Waals surface area contributed by atoms with E-state index >= 15 is 0 Å². The van der Waals surface area contributed by atoms with Gasteiger partial charge in [-0.2, -0.15) is 0 Å². The van der Waals surface area contributed by atoms with E-state index in [1.54, 1.807) is 30.3 Å². The lowest BCUT2D eigenvalue weighted by Crippen LogP contribution is -2.16. The summed E-state index contributed by atoms with van der Waals surface area (Å²) >= 11 is 0. The van der Waals surface area contributed by atoms with Crippen LogP contribution in [-0.2, 0) is 15.4 Å². The number of anilines is 1. The van der Waals surface area contributed by atoms with Crippen molar-refractivity contribution in [2.24, 2.45) is 0 Å². The lowest BCUT2D eigenvalue weighted by Gasteiger charge is -2.18. The number of imidazole rings is 1. The van der Waals surface area contributed by atoms with Crippen LogP contribution in [0.2, 0.25) is 0 Å². The maximum Gasteiger partial charge on any atom is 0.264 e. The lowest BCUT2D eigenvalue weighted by atomic mass is 9.87. The Morgan fingerprint density at radius 2 is 1.52 bits per heavy atom. The fourth-order valence-electron chi connectivity index (χ4n) is 3.74. The first-order valence-electron chi connectivity index (χ1n) is 10.2. The van der Waals surface area contributed by atoms with Crippen molar-refractivity contribution in [1.82, 2.24) is 9.55 Å². The number of rotatable bonds is 4. The van der Waals surface area contributed by atoms with Crippen molar-refractivity contribution >= 4 is 27.0 Å². The number of hydrogen-bond donors (Lipinski definition) is 1. The molecule has 0 saturated carbocycles. The number of aromatic nitrogens is 2. The summed E-state index contributed by atoms with van der Waals surface area (Å²) in [7, 11) is -3.78. The highest BCUT2D eigenvalue weighted by molar-refractivity contribution is 7.92. The van der Waals surface area contributed by atoms with Gasteiger partial charge in [0.15, 0.2) is 0 Å². The second-order valence-electron chi connectivity index (χ2n) is 8.99. The molecule has 0 fully saturated rings. The molecule has 0 aliphatic heterocycles. The lowest BCUT2D eigenvalue weighted by molar-refractivity contribution is 0.591. The summed E-state index contributed by atoms with van der Waals surface area (Å²) in [5.74, 6) is 0.273. The second kappa shape index (κ2) is 7.54. The largest absolute Gasteiger partial charge is 0.278 e. The summed E-state index contributed by atoms with van der Waals surface area (Å²) in [6, 6.07) is 20.6. The van der Waals surface area contributed by atoms with Gasteiger partial charge in [-0.1, -0.05) is 51.1 Å². The van der Waals surface area contributed by atoms with Gasteiger partial charge in [-0.05, 0) is 72.4 Å². The zero-order chi connectivity index (χ0) is 22.4. The molecule has 4 aromatic rings. The molecule has 0 saturated heterocycles. The summed E-state index contributed by atoms with van der Waals surface area (Å²) < 4.78 is 30.7. The van der Waals surface area contributed by atoms with E-state index in [4.69, 9.17) is 4.98 Å². The molecule has 1 N–H and O–H groups in total. The minimum absolute atomic E-state index is 0.0401. The topological polar surface area (TPSA) is 64.0 Å². The van der Waals surface area contributed by atoms with Gasteiger partial charge in [-0.25, -0.2) is 18.1 Å². The van der Waals surface area contributed by atoms with Crippen LogP contribution in [-0.4, -0.2) is 18.0 Å². The van der Waals surface area contributed by atoms with Gasteiger partial charge >= 0.3 is 0 Å². The summed E-state index contributed by atoms with van der Waals surface area (Å²) in [5.41, 5.74) is 5.76. The van der Waals surface area contributed by atoms with Gasteiger partial charge < -0.3 is 0 Å². The number of benzene rings is 3. The van der Waals surface area contributed by atoms with Crippen molar-refractivity contribution in [2.75, 3.05) is 4.72 Å². The summed E-state index contributed by atoms with van der Waals surface area (Å²) in [5, 5.41) is 0. The fraction of sp³-hybridized carbons (Fsp3) is 0.240. The molecular weight excluding hydrogens is 406 g/mol. The molecule has 1 heterocycles.